The van der Waals surface area contributed by atoms with Crippen LogP contribution in [0.1, 0.15) is 41.5 Å². The van der Waals surface area contributed by atoms with Crippen molar-refractivity contribution in [2.45, 2.75) is 59.7 Å². The first-order valence-electron chi connectivity index (χ1n) is 6.68. The summed E-state index contributed by atoms with van der Waals surface area (Å²) in [5, 5.41) is 8.71. The lowest BCUT2D eigenvalue weighted by atomic mass is 10.0. The van der Waals surface area contributed by atoms with Gasteiger partial charge in [-0.05, 0) is 26.7 Å². The molecule has 19 heavy (non-hydrogen) atoms. The zero-order chi connectivity index (χ0) is 15.2. The molecule has 0 bridgehead atoms. The van der Waals surface area contributed by atoms with Crippen molar-refractivity contribution in [1.82, 2.24) is 16.0 Å². The highest BCUT2D eigenvalue weighted by Crippen LogP contribution is 2.09. The summed E-state index contributed by atoms with van der Waals surface area (Å²) in [7, 11) is 0. The summed E-state index contributed by atoms with van der Waals surface area (Å²) in [6, 6.07) is -0.474. The zero-order valence-electron chi connectivity index (χ0n) is 12.8. The van der Waals surface area contributed by atoms with Crippen LogP contribution in [-0.2, 0) is 9.59 Å². The Labute approximate surface area is 116 Å². The summed E-state index contributed by atoms with van der Waals surface area (Å²) < 4.78 is 0. The minimum Gasteiger partial charge on any atom is -0.376 e. The Kier molecular flexibility index (Phi) is 7.19. The molecule has 0 aromatic heterocycles. The van der Waals surface area contributed by atoms with Gasteiger partial charge in [0.1, 0.15) is 6.04 Å². The topological polar surface area (TPSA) is 70.2 Å². The number of carbonyl (C=O) groups excluding carboxylic acids is 2. The van der Waals surface area contributed by atoms with Gasteiger partial charge in [0.05, 0.1) is 6.04 Å². The zero-order valence-corrected chi connectivity index (χ0v) is 12.8. The number of amides is 2. The van der Waals surface area contributed by atoms with Crippen molar-refractivity contribution in [3.05, 3.63) is 12.3 Å². The van der Waals surface area contributed by atoms with Crippen LogP contribution in [0, 0.1) is 5.92 Å². The predicted molar refractivity (Wildman–Crippen MR) is 77.5 cm³/mol. The van der Waals surface area contributed by atoms with Gasteiger partial charge in [-0.25, -0.2) is 0 Å². The van der Waals surface area contributed by atoms with Gasteiger partial charge in [-0.3, -0.25) is 9.59 Å². The molecule has 2 amide bonds. The fourth-order valence-corrected chi connectivity index (χ4v) is 1.72. The standard InChI is InChI=1S/C14H27N3O2/c1-8(2)13(17-12(7)18)10(5)16-11(6)14(19)15-9(3)4/h8-9,11,13,16H,5H2,1-4,6-7H3,(H,15,19)(H,17,18). The molecule has 0 heterocycles. The molecule has 0 aliphatic heterocycles. The Balaban J connectivity index is 4.55. The van der Waals surface area contributed by atoms with Crippen molar-refractivity contribution in [3.63, 3.8) is 0 Å². The molecule has 2 unspecified atom stereocenters. The molecule has 5 heteroatoms. The molecule has 0 spiro atoms. The first-order valence-corrected chi connectivity index (χ1v) is 6.68. The molecule has 5 nitrogen and oxygen atoms in total. The van der Waals surface area contributed by atoms with Gasteiger partial charge >= 0.3 is 0 Å². The number of rotatable bonds is 7. The first-order chi connectivity index (χ1) is 8.65. The van der Waals surface area contributed by atoms with E-state index in [2.05, 4.69) is 22.5 Å². The van der Waals surface area contributed by atoms with E-state index in [4.69, 9.17) is 0 Å². The molecule has 0 aromatic rings. The number of hydrogen-bond acceptors (Lipinski definition) is 3. The molecule has 0 saturated heterocycles. The maximum absolute atomic E-state index is 11.8. The van der Waals surface area contributed by atoms with E-state index in [9.17, 15) is 9.59 Å². The van der Waals surface area contributed by atoms with E-state index in [1.165, 1.54) is 6.92 Å². The van der Waals surface area contributed by atoms with Crippen LogP contribution in [0.2, 0.25) is 0 Å². The molecule has 0 aliphatic rings. The second kappa shape index (κ2) is 7.81. The van der Waals surface area contributed by atoms with E-state index in [1.807, 2.05) is 27.7 Å². The van der Waals surface area contributed by atoms with Crippen molar-refractivity contribution in [2.75, 3.05) is 0 Å². The van der Waals surface area contributed by atoms with Gasteiger partial charge in [0.2, 0.25) is 11.8 Å². The van der Waals surface area contributed by atoms with E-state index in [0.717, 1.165) is 0 Å². The highest BCUT2D eigenvalue weighted by atomic mass is 16.2. The largest absolute Gasteiger partial charge is 0.376 e. The van der Waals surface area contributed by atoms with Crippen LogP contribution in [0.4, 0.5) is 0 Å². The minimum absolute atomic E-state index is 0.0820. The number of hydrogen-bond donors (Lipinski definition) is 3. The SMILES string of the molecule is C=C(NC(C)C(=O)NC(C)C)C(NC(C)=O)C(C)C. The molecule has 0 saturated carbocycles. The lowest BCUT2D eigenvalue weighted by Crippen LogP contribution is -2.49. The third-order valence-corrected chi connectivity index (χ3v) is 2.63. The quantitative estimate of drug-likeness (QED) is 0.649. The van der Waals surface area contributed by atoms with Gasteiger partial charge in [0.15, 0.2) is 0 Å². The molecule has 0 rings (SSSR count). The van der Waals surface area contributed by atoms with E-state index < -0.39 is 0 Å². The van der Waals surface area contributed by atoms with Gasteiger partial charge in [-0.15, -0.1) is 0 Å². The van der Waals surface area contributed by atoms with Gasteiger partial charge in [-0.1, -0.05) is 20.4 Å². The van der Waals surface area contributed by atoms with Gasteiger partial charge in [-0.2, -0.15) is 0 Å². The lowest BCUT2D eigenvalue weighted by Gasteiger charge is -2.27. The molecular formula is C14H27N3O2. The van der Waals surface area contributed by atoms with Crippen LogP contribution < -0.4 is 16.0 Å². The van der Waals surface area contributed by atoms with Crippen LogP contribution in [0.3, 0.4) is 0 Å². The summed E-state index contributed by atoms with van der Waals surface area (Å²) in [5.74, 6) is 0.00618. The molecule has 0 radical (unpaired) electrons. The van der Waals surface area contributed by atoms with Gasteiger partial charge in [0.25, 0.3) is 0 Å². The van der Waals surface area contributed by atoms with Crippen molar-refractivity contribution in [1.29, 1.82) is 0 Å². The minimum atomic E-state index is -0.384. The Bertz CT molecular complexity index is 338. The third-order valence-electron chi connectivity index (χ3n) is 2.63. The van der Waals surface area contributed by atoms with Gasteiger partial charge in [0, 0.05) is 18.7 Å². The second-order valence-corrected chi connectivity index (χ2v) is 5.48. The molecular weight excluding hydrogens is 242 g/mol. The van der Waals surface area contributed by atoms with Crippen molar-refractivity contribution in [2.24, 2.45) is 5.92 Å². The molecule has 3 N–H and O–H groups in total. The Morgan fingerprint density at radius 1 is 0.947 bits per heavy atom. The van der Waals surface area contributed by atoms with Crippen LogP contribution >= 0.6 is 0 Å². The van der Waals surface area contributed by atoms with Crippen LogP contribution in [0.15, 0.2) is 12.3 Å². The Morgan fingerprint density at radius 3 is 1.84 bits per heavy atom. The summed E-state index contributed by atoms with van der Waals surface area (Å²) in [6.07, 6.45) is 0. The fourth-order valence-electron chi connectivity index (χ4n) is 1.72. The van der Waals surface area contributed by atoms with Crippen LogP contribution in [0.25, 0.3) is 0 Å². The van der Waals surface area contributed by atoms with Crippen molar-refractivity contribution < 1.29 is 9.59 Å². The van der Waals surface area contributed by atoms with Crippen LogP contribution in [0.5, 0.6) is 0 Å². The number of nitrogens with one attached hydrogen (secondary N) is 3. The van der Waals surface area contributed by atoms with E-state index in [0.29, 0.717) is 5.70 Å². The summed E-state index contributed by atoms with van der Waals surface area (Å²) in [5.41, 5.74) is 0.650. The summed E-state index contributed by atoms with van der Waals surface area (Å²) in [6.45, 7) is 15.0. The number of carbonyl (C=O) groups is 2. The molecule has 0 aliphatic carbocycles. The normalized spacial score (nSPS) is 13.9. The Morgan fingerprint density at radius 2 is 1.47 bits per heavy atom. The van der Waals surface area contributed by atoms with E-state index >= 15 is 0 Å². The van der Waals surface area contributed by atoms with Crippen molar-refractivity contribution >= 4 is 11.8 Å². The average Bonchev–Trinajstić information content (AvgIpc) is 2.23. The summed E-state index contributed by atoms with van der Waals surface area (Å²) in [4.78, 5) is 23.0. The highest BCUT2D eigenvalue weighted by Gasteiger charge is 2.21. The van der Waals surface area contributed by atoms with E-state index in [-0.39, 0.29) is 35.9 Å². The van der Waals surface area contributed by atoms with Crippen LogP contribution in [-0.4, -0.2) is 29.9 Å². The lowest BCUT2D eigenvalue weighted by molar-refractivity contribution is -0.123. The van der Waals surface area contributed by atoms with Crippen molar-refractivity contribution in [3.8, 4) is 0 Å². The molecule has 2 atom stereocenters. The molecule has 0 fully saturated rings. The Hall–Kier alpha value is -1.52. The molecule has 0 aromatic carbocycles. The van der Waals surface area contributed by atoms with Gasteiger partial charge < -0.3 is 16.0 Å². The maximum Gasteiger partial charge on any atom is 0.242 e. The fraction of sp³-hybridized carbons (Fsp3) is 0.714. The molecule has 110 valence electrons. The first kappa shape index (κ1) is 17.5. The summed E-state index contributed by atoms with van der Waals surface area (Å²) >= 11 is 0. The smallest absolute Gasteiger partial charge is 0.242 e. The third kappa shape index (κ3) is 6.84. The van der Waals surface area contributed by atoms with E-state index in [1.54, 1.807) is 6.92 Å². The maximum atomic E-state index is 11.8. The second-order valence-electron chi connectivity index (χ2n) is 5.48. The highest BCUT2D eigenvalue weighted by molar-refractivity contribution is 5.81. The predicted octanol–water partition coefficient (Wildman–Crippen LogP) is 1.16. The average molecular weight is 269 g/mol. The monoisotopic (exact) mass is 269 g/mol.